The number of aryl methyl sites for hydroxylation is 1. The molecule has 1 aromatic heterocycles. The number of carboxylic acids is 1. The third-order valence-corrected chi connectivity index (χ3v) is 7.24. The third-order valence-electron chi connectivity index (χ3n) is 6.68. The van der Waals surface area contributed by atoms with E-state index >= 15 is 0 Å². The van der Waals surface area contributed by atoms with Crippen molar-refractivity contribution in [2.45, 2.75) is 58.2 Å². The van der Waals surface area contributed by atoms with E-state index in [9.17, 15) is 14.7 Å². The molecule has 2 fully saturated rings. The summed E-state index contributed by atoms with van der Waals surface area (Å²) < 4.78 is 11.6. The number of carbonyl (C=O) groups excluding carboxylic acids is 1. The fraction of sp³-hybridized carbons (Fsp3) is 0.519. The average molecular weight is 550 g/mol. The van der Waals surface area contributed by atoms with E-state index in [1.165, 1.54) is 4.90 Å². The second-order valence-electron chi connectivity index (χ2n) is 10.7. The van der Waals surface area contributed by atoms with Crippen LogP contribution in [0.1, 0.15) is 50.7 Å². The minimum absolute atomic E-state index is 0.0762. The normalized spacial score (nSPS) is 22.2. The van der Waals surface area contributed by atoms with Gasteiger partial charge in [0.05, 0.1) is 22.5 Å². The van der Waals surface area contributed by atoms with Crippen LogP contribution in [0.15, 0.2) is 30.5 Å². The smallest absolute Gasteiger partial charge is 0.410 e. The summed E-state index contributed by atoms with van der Waals surface area (Å²) in [6, 6.07) is 7.52. The molecular weight excluding hydrogens is 517 g/mol. The SMILES string of the molecule is Cc1cc(Cl)c(O[C@H]2CCN(c3ccc([C@H]4CCN(C(=O)OC(C)(C)C)C[C@@H]4C(=O)O)cn3)C2)c(Cl)c1. The molecule has 2 aromatic rings. The van der Waals surface area contributed by atoms with Crippen LogP contribution in [0.25, 0.3) is 0 Å². The largest absolute Gasteiger partial charge is 0.485 e. The zero-order valence-electron chi connectivity index (χ0n) is 21.5. The van der Waals surface area contributed by atoms with E-state index in [0.29, 0.717) is 35.3 Å². The zero-order valence-corrected chi connectivity index (χ0v) is 23.1. The van der Waals surface area contributed by atoms with Crippen LogP contribution in [-0.4, -0.2) is 64.9 Å². The summed E-state index contributed by atoms with van der Waals surface area (Å²) in [5, 5.41) is 10.9. The molecule has 2 aliphatic heterocycles. The highest BCUT2D eigenvalue weighted by Crippen LogP contribution is 2.37. The summed E-state index contributed by atoms with van der Waals surface area (Å²) in [5.74, 6) is -0.605. The minimum atomic E-state index is -0.935. The van der Waals surface area contributed by atoms with Gasteiger partial charge < -0.3 is 24.4 Å². The fourth-order valence-electron chi connectivity index (χ4n) is 4.90. The summed E-state index contributed by atoms with van der Waals surface area (Å²) >= 11 is 12.7. The Labute approximate surface area is 227 Å². The number of hydrogen-bond acceptors (Lipinski definition) is 6. The number of hydrogen-bond donors (Lipinski definition) is 1. The van der Waals surface area contributed by atoms with Gasteiger partial charge in [0.1, 0.15) is 17.5 Å². The Morgan fingerprint density at radius 1 is 1.08 bits per heavy atom. The lowest BCUT2D eigenvalue weighted by Crippen LogP contribution is -2.47. The molecule has 0 spiro atoms. The first-order chi connectivity index (χ1) is 17.4. The number of piperidine rings is 1. The Hall–Kier alpha value is -2.71. The molecule has 2 saturated heterocycles. The summed E-state index contributed by atoms with van der Waals surface area (Å²) in [7, 11) is 0. The van der Waals surface area contributed by atoms with Gasteiger partial charge in [-0.1, -0.05) is 29.3 Å². The van der Waals surface area contributed by atoms with Crippen molar-refractivity contribution in [2.24, 2.45) is 5.92 Å². The highest BCUT2D eigenvalue weighted by molar-refractivity contribution is 6.37. The third kappa shape index (κ3) is 6.60. The van der Waals surface area contributed by atoms with E-state index in [1.54, 1.807) is 27.0 Å². The number of pyridine rings is 1. The molecule has 0 aliphatic carbocycles. The number of likely N-dealkylation sites (tertiary alicyclic amines) is 1. The van der Waals surface area contributed by atoms with Crippen LogP contribution < -0.4 is 9.64 Å². The van der Waals surface area contributed by atoms with Crippen molar-refractivity contribution in [3.8, 4) is 5.75 Å². The number of carboxylic acid groups (broad SMARTS) is 1. The van der Waals surface area contributed by atoms with Crippen LogP contribution in [0.4, 0.5) is 10.6 Å². The second-order valence-corrected chi connectivity index (χ2v) is 11.6. The first-order valence-corrected chi connectivity index (χ1v) is 13.2. The molecule has 0 radical (unpaired) electrons. The van der Waals surface area contributed by atoms with E-state index in [-0.39, 0.29) is 18.6 Å². The van der Waals surface area contributed by atoms with Crippen molar-refractivity contribution in [2.75, 3.05) is 31.1 Å². The number of aromatic nitrogens is 1. The summed E-state index contributed by atoms with van der Waals surface area (Å²) in [6.45, 7) is 9.25. The van der Waals surface area contributed by atoms with Gasteiger partial charge in [-0.3, -0.25) is 4.79 Å². The first kappa shape index (κ1) is 27.3. The molecule has 1 N–H and O–H groups in total. The first-order valence-electron chi connectivity index (χ1n) is 12.4. The number of halogens is 2. The van der Waals surface area contributed by atoms with Gasteiger partial charge in [-0.15, -0.1) is 0 Å². The Bertz CT molecular complexity index is 1130. The maximum atomic E-state index is 12.5. The predicted octanol–water partition coefficient (Wildman–Crippen LogP) is 5.78. The predicted molar refractivity (Wildman–Crippen MR) is 143 cm³/mol. The van der Waals surface area contributed by atoms with Gasteiger partial charge in [0, 0.05) is 38.2 Å². The Morgan fingerprint density at radius 3 is 2.38 bits per heavy atom. The van der Waals surface area contributed by atoms with Crippen molar-refractivity contribution in [3.63, 3.8) is 0 Å². The molecule has 0 bridgehead atoms. The van der Waals surface area contributed by atoms with Gasteiger partial charge in [0.15, 0.2) is 5.75 Å². The second kappa shape index (κ2) is 11.0. The highest BCUT2D eigenvalue weighted by atomic mass is 35.5. The fourth-order valence-corrected chi connectivity index (χ4v) is 5.58. The molecule has 3 heterocycles. The van der Waals surface area contributed by atoms with Gasteiger partial charge in [-0.25, -0.2) is 9.78 Å². The van der Waals surface area contributed by atoms with Crippen molar-refractivity contribution in [1.82, 2.24) is 9.88 Å². The zero-order chi connectivity index (χ0) is 26.9. The lowest BCUT2D eigenvalue weighted by atomic mass is 9.81. The van der Waals surface area contributed by atoms with Crippen LogP contribution >= 0.6 is 23.2 Å². The molecule has 200 valence electrons. The topological polar surface area (TPSA) is 92.2 Å². The van der Waals surface area contributed by atoms with Crippen molar-refractivity contribution in [3.05, 3.63) is 51.6 Å². The maximum absolute atomic E-state index is 12.5. The monoisotopic (exact) mass is 549 g/mol. The molecule has 8 nitrogen and oxygen atoms in total. The van der Waals surface area contributed by atoms with E-state index in [2.05, 4.69) is 9.88 Å². The molecule has 1 amide bonds. The van der Waals surface area contributed by atoms with E-state index in [4.69, 9.17) is 32.7 Å². The summed E-state index contributed by atoms with van der Waals surface area (Å²) in [5.41, 5.74) is 1.19. The van der Waals surface area contributed by atoms with Crippen molar-refractivity contribution < 1.29 is 24.2 Å². The lowest BCUT2D eigenvalue weighted by molar-refractivity contribution is -0.144. The van der Waals surface area contributed by atoms with Crippen LogP contribution in [0.3, 0.4) is 0 Å². The summed E-state index contributed by atoms with van der Waals surface area (Å²) in [4.78, 5) is 32.8. The number of anilines is 1. The molecular formula is C27H33Cl2N3O5. The quantitative estimate of drug-likeness (QED) is 0.505. The minimum Gasteiger partial charge on any atom is -0.485 e. The molecule has 10 heteroatoms. The number of nitrogens with zero attached hydrogens (tertiary/aromatic N) is 3. The van der Waals surface area contributed by atoms with Crippen LogP contribution in [-0.2, 0) is 9.53 Å². The van der Waals surface area contributed by atoms with E-state index < -0.39 is 23.6 Å². The Kier molecular flexibility index (Phi) is 8.09. The van der Waals surface area contributed by atoms with E-state index in [0.717, 1.165) is 29.9 Å². The average Bonchev–Trinajstić information content (AvgIpc) is 3.29. The van der Waals surface area contributed by atoms with Gasteiger partial charge in [0.25, 0.3) is 0 Å². The molecule has 37 heavy (non-hydrogen) atoms. The van der Waals surface area contributed by atoms with Gasteiger partial charge in [-0.2, -0.15) is 0 Å². The van der Waals surface area contributed by atoms with Crippen molar-refractivity contribution in [1.29, 1.82) is 0 Å². The number of aliphatic carboxylic acids is 1. The maximum Gasteiger partial charge on any atom is 0.410 e. The van der Waals surface area contributed by atoms with Crippen LogP contribution in [0.5, 0.6) is 5.75 Å². The number of carbonyl (C=O) groups is 2. The molecule has 2 aliphatic rings. The number of rotatable bonds is 5. The Balaban J connectivity index is 1.39. The van der Waals surface area contributed by atoms with Gasteiger partial charge >= 0.3 is 12.1 Å². The Morgan fingerprint density at radius 2 is 1.78 bits per heavy atom. The van der Waals surface area contributed by atoms with Crippen molar-refractivity contribution >= 4 is 41.1 Å². The molecule has 1 aromatic carbocycles. The van der Waals surface area contributed by atoms with E-state index in [1.807, 2.05) is 31.2 Å². The van der Waals surface area contributed by atoms with Gasteiger partial charge in [0.2, 0.25) is 0 Å². The molecule has 0 unspecified atom stereocenters. The van der Waals surface area contributed by atoms with Crippen LogP contribution in [0.2, 0.25) is 10.0 Å². The highest BCUT2D eigenvalue weighted by Gasteiger charge is 2.38. The number of ether oxygens (including phenoxy) is 2. The molecule has 4 rings (SSSR count). The number of benzene rings is 1. The summed E-state index contributed by atoms with van der Waals surface area (Å²) in [6.07, 6.45) is 2.52. The van der Waals surface area contributed by atoms with Crippen LogP contribution in [0, 0.1) is 12.8 Å². The molecule has 0 saturated carbocycles. The van der Waals surface area contributed by atoms with Gasteiger partial charge in [-0.05, 0) is 63.4 Å². The lowest BCUT2D eigenvalue weighted by Gasteiger charge is -2.37. The standard InChI is InChI=1S/C27H33Cl2N3O5/c1-16-11-21(28)24(22(29)12-16)36-18-7-9-31(14-18)23-6-5-17(13-30-23)19-8-10-32(15-20(19)25(33)34)26(35)37-27(2,3)4/h5-6,11-13,18-20H,7-10,14-15H2,1-4H3,(H,33,34)/t18-,19+,20-/m0/s1. The number of amides is 1. The molecule has 3 atom stereocenters.